The molecule has 2 N–H and O–H groups in total. The van der Waals surface area contributed by atoms with Gasteiger partial charge in [-0.15, -0.1) is 11.3 Å². The number of nitrogens with one attached hydrogen (secondary N) is 1. The van der Waals surface area contributed by atoms with Crippen molar-refractivity contribution in [3.63, 3.8) is 0 Å². The van der Waals surface area contributed by atoms with E-state index in [4.69, 9.17) is 11.6 Å². The van der Waals surface area contributed by atoms with Crippen molar-refractivity contribution < 1.29 is 9.90 Å². The Balaban J connectivity index is 2.33. The van der Waals surface area contributed by atoms with E-state index >= 15 is 0 Å². The van der Waals surface area contributed by atoms with E-state index in [0.717, 1.165) is 24.1 Å². The average Bonchev–Trinajstić information content (AvgIpc) is 2.79. The highest BCUT2D eigenvalue weighted by Crippen LogP contribution is 2.26. The maximum Gasteiger partial charge on any atom is 0.222 e. The largest absolute Gasteiger partial charge is 0.386 e. The molecule has 5 heteroatoms. The standard InChI is InChI=1S/C13H20ClNO2S/c1-3-4-5-9(2)13(17)15-8-10(16)11-6-7-12(14)18-11/h6-7,9-10,16H,3-5,8H2,1-2H3,(H,15,17)/t9-,10-/m1/s1. The fourth-order valence-electron chi connectivity index (χ4n) is 1.62. The molecule has 1 rings (SSSR count). The van der Waals surface area contributed by atoms with Gasteiger partial charge in [-0.2, -0.15) is 0 Å². The molecule has 18 heavy (non-hydrogen) atoms. The Bertz CT molecular complexity index is 381. The lowest BCUT2D eigenvalue weighted by atomic mass is 10.0. The molecule has 0 spiro atoms. The van der Waals surface area contributed by atoms with Crippen LogP contribution in [0.2, 0.25) is 4.34 Å². The molecule has 1 amide bonds. The molecule has 0 saturated heterocycles. The number of rotatable bonds is 7. The first-order valence-corrected chi connectivity index (χ1v) is 7.45. The third-order valence-corrected chi connectivity index (χ3v) is 4.16. The molecular weight excluding hydrogens is 270 g/mol. The highest BCUT2D eigenvalue weighted by Gasteiger charge is 2.15. The van der Waals surface area contributed by atoms with Gasteiger partial charge in [0.25, 0.3) is 0 Å². The molecule has 0 aliphatic rings. The summed E-state index contributed by atoms with van der Waals surface area (Å²) in [5.41, 5.74) is 0. The second-order valence-corrected chi connectivity index (χ2v) is 6.19. The van der Waals surface area contributed by atoms with E-state index in [1.165, 1.54) is 11.3 Å². The van der Waals surface area contributed by atoms with E-state index in [1.807, 2.05) is 6.92 Å². The van der Waals surface area contributed by atoms with Gasteiger partial charge in [0.15, 0.2) is 0 Å². The summed E-state index contributed by atoms with van der Waals surface area (Å²) in [5, 5.41) is 12.7. The Morgan fingerprint density at radius 1 is 1.56 bits per heavy atom. The van der Waals surface area contributed by atoms with Crippen LogP contribution < -0.4 is 5.32 Å². The van der Waals surface area contributed by atoms with Crippen molar-refractivity contribution in [1.82, 2.24) is 5.32 Å². The summed E-state index contributed by atoms with van der Waals surface area (Å²) < 4.78 is 0.645. The number of hydrogen-bond donors (Lipinski definition) is 2. The summed E-state index contributed by atoms with van der Waals surface area (Å²) in [7, 11) is 0. The van der Waals surface area contributed by atoms with Crippen molar-refractivity contribution in [3.05, 3.63) is 21.3 Å². The summed E-state index contributed by atoms with van der Waals surface area (Å²) in [6, 6.07) is 3.53. The molecule has 0 aliphatic carbocycles. The zero-order valence-corrected chi connectivity index (χ0v) is 12.4. The van der Waals surface area contributed by atoms with Crippen LogP contribution in [-0.4, -0.2) is 17.6 Å². The third-order valence-electron chi connectivity index (χ3n) is 2.83. The summed E-state index contributed by atoms with van der Waals surface area (Å²) in [4.78, 5) is 12.5. The summed E-state index contributed by atoms with van der Waals surface area (Å²) in [6.45, 7) is 4.26. The van der Waals surface area contributed by atoms with E-state index in [1.54, 1.807) is 12.1 Å². The molecule has 2 atom stereocenters. The summed E-state index contributed by atoms with van der Waals surface area (Å²) in [6.07, 6.45) is 2.36. The third kappa shape index (κ3) is 4.96. The molecule has 0 saturated carbocycles. The smallest absolute Gasteiger partial charge is 0.222 e. The van der Waals surface area contributed by atoms with E-state index in [2.05, 4.69) is 12.2 Å². The number of aliphatic hydroxyl groups is 1. The molecule has 0 unspecified atom stereocenters. The first-order chi connectivity index (χ1) is 8.54. The Kier molecular flexibility index (Phi) is 6.68. The van der Waals surface area contributed by atoms with Gasteiger partial charge in [0, 0.05) is 17.3 Å². The molecule has 0 aromatic carbocycles. The molecule has 0 aliphatic heterocycles. The zero-order chi connectivity index (χ0) is 13.5. The van der Waals surface area contributed by atoms with Crippen molar-refractivity contribution in [1.29, 1.82) is 0 Å². The minimum atomic E-state index is -0.676. The Hall–Kier alpha value is -0.580. The van der Waals surface area contributed by atoms with Crippen molar-refractivity contribution in [3.8, 4) is 0 Å². The number of unbranched alkanes of at least 4 members (excludes halogenated alkanes) is 1. The van der Waals surface area contributed by atoms with Crippen LogP contribution >= 0.6 is 22.9 Å². The maximum atomic E-state index is 11.7. The normalized spacial score (nSPS) is 14.2. The fourth-order valence-corrected chi connectivity index (χ4v) is 2.67. The molecule has 0 bridgehead atoms. The van der Waals surface area contributed by atoms with Gasteiger partial charge in [0.1, 0.15) is 6.10 Å². The van der Waals surface area contributed by atoms with Crippen molar-refractivity contribution in [2.75, 3.05) is 6.54 Å². The number of thiophene rings is 1. The van der Waals surface area contributed by atoms with Crippen LogP contribution in [0.3, 0.4) is 0 Å². The fraction of sp³-hybridized carbons (Fsp3) is 0.615. The predicted octanol–water partition coefficient (Wildman–Crippen LogP) is 3.38. The van der Waals surface area contributed by atoms with Crippen LogP contribution in [0.1, 0.15) is 44.1 Å². The number of carbonyl (C=O) groups excluding carboxylic acids is 1. The van der Waals surface area contributed by atoms with Gasteiger partial charge in [-0.25, -0.2) is 0 Å². The number of halogens is 1. The molecule has 1 heterocycles. The van der Waals surface area contributed by atoms with Crippen LogP contribution in [0.25, 0.3) is 0 Å². The van der Waals surface area contributed by atoms with Crippen molar-refractivity contribution in [2.24, 2.45) is 5.92 Å². The lowest BCUT2D eigenvalue weighted by molar-refractivity contribution is -0.125. The van der Waals surface area contributed by atoms with Crippen LogP contribution in [0, 0.1) is 5.92 Å². The van der Waals surface area contributed by atoms with Crippen molar-refractivity contribution >= 4 is 28.8 Å². The Morgan fingerprint density at radius 2 is 2.28 bits per heavy atom. The molecule has 102 valence electrons. The lowest BCUT2D eigenvalue weighted by Crippen LogP contribution is -2.32. The Morgan fingerprint density at radius 3 is 2.83 bits per heavy atom. The Labute approximate surface area is 117 Å². The van der Waals surface area contributed by atoms with E-state index in [0.29, 0.717) is 4.34 Å². The number of amides is 1. The average molecular weight is 290 g/mol. The monoisotopic (exact) mass is 289 g/mol. The van der Waals surface area contributed by atoms with Gasteiger partial charge in [-0.3, -0.25) is 4.79 Å². The molecule has 0 fully saturated rings. The highest BCUT2D eigenvalue weighted by molar-refractivity contribution is 7.16. The molecular formula is C13H20ClNO2S. The van der Waals surface area contributed by atoms with Crippen LogP contribution in [-0.2, 0) is 4.79 Å². The van der Waals surface area contributed by atoms with E-state index in [9.17, 15) is 9.90 Å². The van der Waals surface area contributed by atoms with Crippen LogP contribution in [0.15, 0.2) is 12.1 Å². The molecule has 1 aromatic heterocycles. The van der Waals surface area contributed by atoms with E-state index < -0.39 is 6.10 Å². The zero-order valence-electron chi connectivity index (χ0n) is 10.8. The van der Waals surface area contributed by atoms with E-state index in [-0.39, 0.29) is 18.4 Å². The van der Waals surface area contributed by atoms with Crippen molar-refractivity contribution in [2.45, 2.75) is 39.2 Å². The van der Waals surface area contributed by atoms with Crippen LogP contribution in [0.5, 0.6) is 0 Å². The second kappa shape index (κ2) is 7.77. The summed E-state index contributed by atoms with van der Waals surface area (Å²) >= 11 is 7.13. The van der Waals surface area contributed by atoms with Gasteiger partial charge < -0.3 is 10.4 Å². The van der Waals surface area contributed by atoms with Crippen LogP contribution in [0.4, 0.5) is 0 Å². The van der Waals surface area contributed by atoms with Gasteiger partial charge in [0.05, 0.1) is 4.34 Å². The minimum absolute atomic E-state index is 0.00377. The number of aliphatic hydroxyl groups excluding tert-OH is 1. The second-order valence-electron chi connectivity index (χ2n) is 4.45. The SMILES string of the molecule is CCCC[C@@H](C)C(=O)NC[C@@H](O)c1ccc(Cl)s1. The van der Waals surface area contributed by atoms with Gasteiger partial charge >= 0.3 is 0 Å². The molecule has 0 radical (unpaired) electrons. The summed E-state index contributed by atoms with van der Waals surface area (Å²) in [5.74, 6) is 0.00854. The maximum absolute atomic E-state index is 11.7. The highest BCUT2D eigenvalue weighted by atomic mass is 35.5. The minimum Gasteiger partial charge on any atom is -0.386 e. The molecule has 3 nitrogen and oxygen atoms in total. The van der Waals surface area contributed by atoms with Gasteiger partial charge in [-0.1, -0.05) is 38.3 Å². The topological polar surface area (TPSA) is 49.3 Å². The van der Waals surface area contributed by atoms with Gasteiger partial charge in [-0.05, 0) is 18.6 Å². The number of hydrogen-bond acceptors (Lipinski definition) is 3. The predicted molar refractivity (Wildman–Crippen MR) is 76.0 cm³/mol. The molecule has 1 aromatic rings. The number of carbonyl (C=O) groups is 1. The first-order valence-electron chi connectivity index (χ1n) is 6.25. The lowest BCUT2D eigenvalue weighted by Gasteiger charge is -2.14. The first kappa shape index (κ1) is 15.5. The quantitative estimate of drug-likeness (QED) is 0.808. The van der Waals surface area contributed by atoms with Gasteiger partial charge in [0.2, 0.25) is 5.91 Å².